The Morgan fingerprint density at radius 2 is 1.09 bits per heavy atom. The van der Waals surface area contributed by atoms with Gasteiger partial charge in [-0.15, -0.1) is 0 Å². The highest BCUT2D eigenvalue weighted by atomic mass is 16.5. The van der Waals surface area contributed by atoms with Crippen molar-refractivity contribution in [2.75, 3.05) is 0 Å². The first kappa shape index (κ1) is 21.6. The SMILES string of the molecule is Cc1cc(Oc2ccc(C#N)cc2)ccc1-c1ccc(Oc2ccc(C#N)cc2)cc1CO. The normalized spacial score (nSPS) is 10.2. The Labute approximate surface area is 192 Å². The highest BCUT2D eigenvalue weighted by Gasteiger charge is 2.11. The highest BCUT2D eigenvalue weighted by molar-refractivity contribution is 5.72. The van der Waals surface area contributed by atoms with E-state index in [0.29, 0.717) is 34.1 Å². The smallest absolute Gasteiger partial charge is 0.127 e. The van der Waals surface area contributed by atoms with Gasteiger partial charge in [-0.3, -0.25) is 0 Å². The van der Waals surface area contributed by atoms with Gasteiger partial charge >= 0.3 is 0 Å². The summed E-state index contributed by atoms with van der Waals surface area (Å²) < 4.78 is 11.8. The number of aliphatic hydroxyl groups excluding tert-OH is 1. The number of ether oxygens (including phenoxy) is 2. The van der Waals surface area contributed by atoms with Crippen LogP contribution in [-0.4, -0.2) is 5.11 Å². The Hall–Kier alpha value is -4.58. The summed E-state index contributed by atoms with van der Waals surface area (Å²) in [6.07, 6.45) is 0. The summed E-state index contributed by atoms with van der Waals surface area (Å²) in [6, 6.07) is 29.4. The number of nitrogens with zero attached hydrogens (tertiary/aromatic N) is 2. The predicted octanol–water partition coefficient (Wildman–Crippen LogP) is 6.48. The maximum Gasteiger partial charge on any atom is 0.127 e. The van der Waals surface area contributed by atoms with Crippen molar-refractivity contribution in [3.63, 3.8) is 0 Å². The molecule has 4 aromatic rings. The zero-order valence-corrected chi connectivity index (χ0v) is 17.9. The molecule has 0 fully saturated rings. The van der Waals surface area contributed by atoms with Gasteiger partial charge < -0.3 is 14.6 Å². The molecule has 0 radical (unpaired) electrons. The second-order valence-electron chi connectivity index (χ2n) is 7.43. The molecule has 33 heavy (non-hydrogen) atoms. The van der Waals surface area contributed by atoms with Crippen LogP contribution in [0.25, 0.3) is 11.1 Å². The van der Waals surface area contributed by atoms with Crippen LogP contribution in [0.4, 0.5) is 0 Å². The Bertz CT molecular complexity index is 1360. The van der Waals surface area contributed by atoms with Crippen molar-refractivity contribution in [1.29, 1.82) is 10.5 Å². The lowest BCUT2D eigenvalue weighted by molar-refractivity contribution is 0.282. The van der Waals surface area contributed by atoms with Crippen LogP contribution < -0.4 is 9.47 Å². The molecule has 0 aliphatic carbocycles. The number of nitriles is 2. The molecule has 0 unspecified atom stereocenters. The van der Waals surface area contributed by atoms with E-state index >= 15 is 0 Å². The van der Waals surface area contributed by atoms with Crippen molar-refractivity contribution < 1.29 is 14.6 Å². The first-order valence-corrected chi connectivity index (χ1v) is 10.3. The minimum Gasteiger partial charge on any atom is -0.457 e. The zero-order valence-electron chi connectivity index (χ0n) is 17.9. The van der Waals surface area contributed by atoms with Crippen molar-refractivity contribution in [3.8, 4) is 46.3 Å². The molecule has 0 amide bonds. The first-order valence-electron chi connectivity index (χ1n) is 10.3. The molecule has 0 atom stereocenters. The van der Waals surface area contributed by atoms with Gasteiger partial charge in [0.05, 0.1) is 29.9 Å². The monoisotopic (exact) mass is 432 g/mol. The lowest BCUT2D eigenvalue weighted by Gasteiger charge is -2.14. The van der Waals surface area contributed by atoms with Gasteiger partial charge in [0.2, 0.25) is 0 Å². The maximum absolute atomic E-state index is 9.98. The zero-order chi connectivity index (χ0) is 23.2. The van der Waals surface area contributed by atoms with E-state index in [2.05, 4.69) is 12.1 Å². The molecule has 0 aliphatic rings. The molecule has 5 heteroatoms. The second-order valence-corrected chi connectivity index (χ2v) is 7.43. The largest absolute Gasteiger partial charge is 0.457 e. The van der Waals surface area contributed by atoms with Gasteiger partial charge in [-0.05, 0) is 102 Å². The number of aliphatic hydroxyl groups is 1. The average Bonchev–Trinajstić information content (AvgIpc) is 2.85. The third kappa shape index (κ3) is 5.02. The third-order valence-electron chi connectivity index (χ3n) is 5.17. The van der Waals surface area contributed by atoms with E-state index in [1.807, 2.05) is 43.3 Å². The molecule has 0 saturated heterocycles. The molecule has 160 valence electrons. The minimum atomic E-state index is -0.136. The van der Waals surface area contributed by atoms with Crippen molar-refractivity contribution in [1.82, 2.24) is 0 Å². The molecular weight excluding hydrogens is 412 g/mol. The van der Waals surface area contributed by atoms with Gasteiger partial charge in [-0.2, -0.15) is 10.5 Å². The molecular formula is C28H20N2O3. The molecule has 0 bridgehead atoms. The fraction of sp³-hybridized carbons (Fsp3) is 0.0714. The van der Waals surface area contributed by atoms with Crippen LogP contribution in [0.3, 0.4) is 0 Å². The highest BCUT2D eigenvalue weighted by Crippen LogP contribution is 2.34. The minimum absolute atomic E-state index is 0.136. The van der Waals surface area contributed by atoms with Crippen LogP contribution in [-0.2, 0) is 6.61 Å². The quantitative estimate of drug-likeness (QED) is 0.377. The van der Waals surface area contributed by atoms with Gasteiger partial charge in [0, 0.05) is 0 Å². The molecule has 4 rings (SSSR count). The van der Waals surface area contributed by atoms with E-state index < -0.39 is 0 Å². The first-order chi connectivity index (χ1) is 16.1. The summed E-state index contributed by atoms with van der Waals surface area (Å²) >= 11 is 0. The molecule has 0 aliphatic heterocycles. The molecule has 0 saturated carbocycles. The van der Waals surface area contributed by atoms with E-state index in [9.17, 15) is 5.11 Å². The van der Waals surface area contributed by atoms with Gasteiger partial charge in [-0.25, -0.2) is 0 Å². The summed E-state index contributed by atoms with van der Waals surface area (Å²) in [4.78, 5) is 0. The Morgan fingerprint density at radius 1 is 0.636 bits per heavy atom. The standard InChI is InChI=1S/C28H20N2O3/c1-19-14-25(32-23-6-2-20(16-29)3-7-23)10-12-27(19)28-13-11-26(15-22(28)18-31)33-24-8-4-21(17-30)5-9-24/h2-15,31H,18H2,1H3. The van der Waals surface area contributed by atoms with Gasteiger partial charge in [0.25, 0.3) is 0 Å². The van der Waals surface area contributed by atoms with Crippen LogP contribution >= 0.6 is 0 Å². The molecule has 0 spiro atoms. The lowest BCUT2D eigenvalue weighted by Crippen LogP contribution is -1.94. The Morgan fingerprint density at radius 3 is 1.55 bits per heavy atom. The van der Waals surface area contributed by atoms with Gasteiger partial charge in [0.15, 0.2) is 0 Å². The maximum atomic E-state index is 9.98. The summed E-state index contributed by atoms with van der Waals surface area (Å²) in [5.74, 6) is 2.56. The van der Waals surface area contributed by atoms with Crippen LogP contribution in [0.1, 0.15) is 22.3 Å². The van der Waals surface area contributed by atoms with Crippen molar-refractivity contribution >= 4 is 0 Å². The summed E-state index contributed by atoms with van der Waals surface area (Å²) in [5, 5.41) is 27.8. The third-order valence-corrected chi connectivity index (χ3v) is 5.17. The van der Waals surface area contributed by atoms with Gasteiger partial charge in [-0.1, -0.05) is 12.1 Å². The summed E-state index contributed by atoms with van der Waals surface area (Å²) in [6.45, 7) is 1.85. The fourth-order valence-corrected chi connectivity index (χ4v) is 3.50. The number of rotatable bonds is 6. The number of hydrogen-bond donors (Lipinski definition) is 1. The van der Waals surface area contributed by atoms with Crippen molar-refractivity contribution in [2.24, 2.45) is 0 Å². The molecule has 1 N–H and O–H groups in total. The molecule has 5 nitrogen and oxygen atoms in total. The summed E-state index contributed by atoms with van der Waals surface area (Å²) in [7, 11) is 0. The number of hydrogen-bond acceptors (Lipinski definition) is 5. The fourth-order valence-electron chi connectivity index (χ4n) is 3.50. The Kier molecular flexibility index (Phi) is 6.36. The average molecular weight is 432 g/mol. The van der Waals surface area contributed by atoms with E-state index in [1.54, 1.807) is 48.5 Å². The second kappa shape index (κ2) is 9.70. The van der Waals surface area contributed by atoms with E-state index in [4.69, 9.17) is 20.0 Å². The van der Waals surface area contributed by atoms with E-state index in [-0.39, 0.29) is 6.61 Å². The molecule has 4 aromatic carbocycles. The number of benzene rings is 4. The lowest BCUT2D eigenvalue weighted by atomic mass is 9.96. The predicted molar refractivity (Wildman–Crippen MR) is 125 cm³/mol. The van der Waals surface area contributed by atoms with Crippen molar-refractivity contribution in [2.45, 2.75) is 13.5 Å². The van der Waals surface area contributed by atoms with E-state index in [1.165, 1.54) is 0 Å². The topological polar surface area (TPSA) is 86.3 Å². The van der Waals surface area contributed by atoms with Gasteiger partial charge in [0.1, 0.15) is 23.0 Å². The van der Waals surface area contributed by atoms with Crippen LogP contribution in [0, 0.1) is 29.6 Å². The molecule has 0 aromatic heterocycles. The summed E-state index contributed by atoms with van der Waals surface area (Å²) in [5.41, 5.74) is 4.78. The van der Waals surface area contributed by atoms with Crippen LogP contribution in [0.5, 0.6) is 23.0 Å². The van der Waals surface area contributed by atoms with Crippen LogP contribution in [0.15, 0.2) is 84.9 Å². The Balaban J connectivity index is 1.56. The van der Waals surface area contributed by atoms with Crippen molar-refractivity contribution in [3.05, 3.63) is 107 Å². The number of aryl methyl sites for hydroxylation is 1. The van der Waals surface area contributed by atoms with E-state index in [0.717, 1.165) is 22.3 Å². The molecule has 0 heterocycles. The van der Waals surface area contributed by atoms with Crippen LogP contribution in [0.2, 0.25) is 0 Å².